The van der Waals surface area contributed by atoms with E-state index in [1.165, 1.54) is 22.4 Å². The fourth-order valence-corrected chi connectivity index (χ4v) is 3.83. The largest absolute Gasteiger partial charge is 0.298 e. The predicted octanol–water partition coefficient (Wildman–Crippen LogP) is 4.69. The zero-order chi connectivity index (χ0) is 16.4. The number of nitrogens with one attached hydrogen (secondary N) is 1. The van der Waals surface area contributed by atoms with E-state index >= 15 is 0 Å². The van der Waals surface area contributed by atoms with Crippen LogP contribution < -0.4 is 5.32 Å². The minimum absolute atomic E-state index is 0.154. The SMILES string of the molecule is CC1=C(c2cnc(NC(=O)c3cnccc3C)s2)CC(C)CC1. The third kappa shape index (κ3) is 3.50. The van der Waals surface area contributed by atoms with Crippen molar-refractivity contribution in [1.82, 2.24) is 9.97 Å². The number of hydrogen-bond acceptors (Lipinski definition) is 4. The number of nitrogens with zero attached hydrogens (tertiary/aromatic N) is 2. The second kappa shape index (κ2) is 6.62. The van der Waals surface area contributed by atoms with Gasteiger partial charge >= 0.3 is 0 Å². The molecule has 23 heavy (non-hydrogen) atoms. The highest BCUT2D eigenvalue weighted by atomic mass is 32.1. The summed E-state index contributed by atoms with van der Waals surface area (Å²) in [5.41, 5.74) is 4.35. The van der Waals surface area contributed by atoms with Crippen LogP contribution in [0.5, 0.6) is 0 Å². The second-order valence-electron chi connectivity index (χ2n) is 6.28. The first-order valence-electron chi connectivity index (χ1n) is 7.91. The molecule has 0 fully saturated rings. The van der Waals surface area contributed by atoms with E-state index in [-0.39, 0.29) is 5.91 Å². The topological polar surface area (TPSA) is 54.9 Å². The highest BCUT2D eigenvalue weighted by molar-refractivity contribution is 7.16. The smallest absolute Gasteiger partial charge is 0.259 e. The van der Waals surface area contributed by atoms with Crippen LogP contribution in [-0.4, -0.2) is 15.9 Å². The first-order valence-corrected chi connectivity index (χ1v) is 8.73. The van der Waals surface area contributed by atoms with Gasteiger partial charge in [-0.25, -0.2) is 4.98 Å². The molecule has 2 aromatic heterocycles. The van der Waals surface area contributed by atoms with E-state index in [4.69, 9.17) is 0 Å². The molecule has 2 heterocycles. The van der Waals surface area contributed by atoms with Gasteiger partial charge in [0.25, 0.3) is 5.91 Å². The molecule has 0 saturated carbocycles. The van der Waals surface area contributed by atoms with Gasteiger partial charge in [0, 0.05) is 18.6 Å². The number of rotatable bonds is 3. The minimum atomic E-state index is -0.154. The van der Waals surface area contributed by atoms with Crippen LogP contribution in [0, 0.1) is 12.8 Å². The summed E-state index contributed by atoms with van der Waals surface area (Å²) >= 11 is 1.55. The number of aryl methyl sites for hydroxylation is 1. The van der Waals surface area contributed by atoms with E-state index in [0.29, 0.717) is 16.6 Å². The summed E-state index contributed by atoms with van der Waals surface area (Å²) < 4.78 is 0. The molecule has 0 spiro atoms. The number of hydrogen-bond donors (Lipinski definition) is 1. The van der Waals surface area contributed by atoms with Crippen LogP contribution in [0.15, 0.2) is 30.2 Å². The van der Waals surface area contributed by atoms with E-state index < -0.39 is 0 Å². The number of allylic oxidation sites excluding steroid dienone is 2. The van der Waals surface area contributed by atoms with Crippen molar-refractivity contribution < 1.29 is 4.79 Å². The number of anilines is 1. The molecular formula is C18H21N3OS. The third-order valence-corrected chi connectivity index (χ3v) is 5.36. The van der Waals surface area contributed by atoms with Crippen LogP contribution in [0.25, 0.3) is 5.57 Å². The maximum absolute atomic E-state index is 12.3. The molecule has 0 aromatic carbocycles. The maximum Gasteiger partial charge on any atom is 0.259 e. The minimum Gasteiger partial charge on any atom is -0.298 e. The molecule has 0 bridgehead atoms. The van der Waals surface area contributed by atoms with Gasteiger partial charge in [0.05, 0.1) is 10.4 Å². The Kier molecular flexibility index (Phi) is 4.57. The molecule has 3 rings (SSSR count). The Labute approximate surface area is 140 Å². The molecule has 1 amide bonds. The highest BCUT2D eigenvalue weighted by Gasteiger charge is 2.19. The number of carbonyl (C=O) groups excluding carboxylic acids is 1. The summed E-state index contributed by atoms with van der Waals surface area (Å²) in [6.45, 7) is 6.40. The van der Waals surface area contributed by atoms with Crippen molar-refractivity contribution in [3.63, 3.8) is 0 Å². The summed E-state index contributed by atoms with van der Waals surface area (Å²) in [7, 11) is 0. The van der Waals surface area contributed by atoms with Gasteiger partial charge < -0.3 is 0 Å². The van der Waals surface area contributed by atoms with E-state index in [9.17, 15) is 4.79 Å². The summed E-state index contributed by atoms with van der Waals surface area (Å²) in [5.74, 6) is 0.561. The zero-order valence-electron chi connectivity index (χ0n) is 13.7. The average Bonchev–Trinajstić information content (AvgIpc) is 2.98. The Morgan fingerprint density at radius 2 is 2.17 bits per heavy atom. The molecule has 4 nitrogen and oxygen atoms in total. The lowest BCUT2D eigenvalue weighted by atomic mass is 9.85. The summed E-state index contributed by atoms with van der Waals surface area (Å²) in [6, 6.07) is 1.83. The van der Waals surface area contributed by atoms with Crippen LogP contribution in [0.2, 0.25) is 0 Å². The van der Waals surface area contributed by atoms with Crippen molar-refractivity contribution in [3.8, 4) is 0 Å². The fourth-order valence-electron chi connectivity index (χ4n) is 2.89. The number of amides is 1. The molecule has 1 aliphatic carbocycles. The van der Waals surface area contributed by atoms with Gasteiger partial charge in [-0.1, -0.05) is 23.8 Å². The van der Waals surface area contributed by atoms with Gasteiger partial charge in [-0.05, 0) is 56.2 Å². The average molecular weight is 327 g/mol. The van der Waals surface area contributed by atoms with Crippen LogP contribution >= 0.6 is 11.3 Å². The molecule has 0 radical (unpaired) electrons. The molecule has 1 N–H and O–H groups in total. The molecular weight excluding hydrogens is 306 g/mol. The molecule has 0 aliphatic heterocycles. The lowest BCUT2D eigenvalue weighted by Gasteiger charge is -2.22. The lowest BCUT2D eigenvalue weighted by molar-refractivity contribution is 0.102. The molecule has 2 aromatic rings. The Bertz CT molecular complexity index is 763. The van der Waals surface area contributed by atoms with E-state index in [2.05, 4.69) is 29.1 Å². The van der Waals surface area contributed by atoms with E-state index in [1.807, 2.05) is 19.2 Å². The first-order chi connectivity index (χ1) is 11.0. The van der Waals surface area contributed by atoms with Gasteiger partial charge in [0.15, 0.2) is 5.13 Å². The standard InChI is InChI=1S/C18H21N3OS/c1-11-4-5-12(2)14(8-11)16-10-20-18(23-16)21-17(22)15-9-19-7-6-13(15)3/h6-7,9-11H,4-5,8H2,1-3H3,(H,20,21,22). The molecule has 5 heteroatoms. The van der Waals surface area contributed by atoms with E-state index in [0.717, 1.165) is 18.4 Å². The lowest BCUT2D eigenvalue weighted by Crippen LogP contribution is -2.13. The van der Waals surface area contributed by atoms with Gasteiger partial charge in [-0.2, -0.15) is 0 Å². The van der Waals surface area contributed by atoms with Crippen molar-refractivity contribution in [2.24, 2.45) is 5.92 Å². The molecule has 1 unspecified atom stereocenters. The van der Waals surface area contributed by atoms with Gasteiger partial charge in [0.2, 0.25) is 0 Å². The second-order valence-corrected chi connectivity index (χ2v) is 7.31. The van der Waals surface area contributed by atoms with Crippen molar-refractivity contribution >= 4 is 27.9 Å². The van der Waals surface area contributed by atoms with Gasteiger partial charge in [-0.15, -0.1) is 0 Å². The summed E-state index contributed by atoms with van der Waals surface area (Å²) in [5, 5.41) is 3.54. The Morgan fingerprint density at radius 3 is 2.96 bits per heavy atom. The van der Waals surface area contributed by atoms with Crippen molar-refractivity contribution in [1.29, 1.82) is 0 Å². The number of aromatic nitrogens is 2. The first kappa shape index (κ1) is 15.9. The van der Waals surface area contributed by atoms with Crippen LogP contribution in [-0.2, 0) is 0 Å². The Balaban J connectivity index is 1.78. The highest BCUT2D eigenvalue weighted by Crippen LogP contribution is 2.38. The Morgan fingerprint density at radius 1 is 1.35 bits per heavy atom. The maximum atomic E-state index is 12.3. The van der Waals surface area contributed by atoms with Gasteiger partial charge in [0.1, 0.15) is 0 Å². The molecule has 0 saturated heterocycles. The normalized spacial score (nSPS) is 18.1. The molecule has 120 valence electrons. The van der Waals surface area contributed by atoms with Crippen LogP contribution in [0.3, 0.4) is 0 Å². The molecule has 1 atom stereocenters. The van der Waals surface area contributed by atoms with Crippen LogP contribution in [0.4, 0.5) is 5.13 Å². The van der Waals surface area contributed by atoms with E-state index in [1.54, 1.807) is 23.7 Å². The molecule has 1 aliphatic rings. The Hall–Kier alpha value is -2.01. The van der Waals surface area contributed by atoms with Crippen molar-refractivity contribution in [3.05, 3.63) is 46.2 Å². The monoisotopic (exact) mass is 327 g/mol. The predicted molar refractivity (Wildman–Crippen MR) is 94.7 cm³/mol. The zero-order valence-corrected chi connectivity index (χ0v) is 14.5. The van der Waals surface area contributed by atoms with Crippen molar-refractivity contribution in [2.75, 3.05) is 5.32 Å². The van der Waals surface area contributed by atoms with Gasteiger partial charge in [-0.3, -0.25) is 15.1 Å². The van der Waals surface area contributed by atoms with Crippen LogP contribution in [0.1, 0.15) is 53.9 Å². The van der Waals surface area contributed by atoms with Crippen molar-refractivity contribution in [2.45, 2.75) is 40.0 Å². The summed E-state index contributed by atoms with van der Waals surface area (Å²) in [6.07, 6.45) is 8.68. The third-order valence-electron chi connectivity index (χ3n) is 4.39. The quantitative estimate of drug-likeness (QED) is 0.889. The fraction of sp³-hybridized carbons (Fsp3) is 0.389. The number of pyridine rings is 1. The number of carbonyl (C=O) groups is 1. The summed E-state index contributed by atoms with van der Waals surface area (Å²) in [4.78, 5) is 21.9. The number of thiazole rings is 1.